The molecule has 2 saturated carbocycles. The van der Waals surface area contributed by atoms with Gasteiger partial charge in [0, 0.05) is 24.7 Å². The highest BCUT2D eigenvalue weighted by molar-refractivity contribution is 6.12. The Morgan fingerprint density at radius 2 is 1.80 bits per heavy atom. The third-order valence-electron chi connectivity index (χ3n) is 9.53. The summed E-state index contributed by atoms with van der Waals surface area (Å²) in [6.07, 6.45) is 14.9. The summed E-state index contributed by atoms with van der Waals surface area (Å²) in [7, 11) is 1.77. The van der Waals surface area contributed by atoms with Gasteiger partial charge in [-0.3, -0.25) is 14.5 Å². The number of carbonyl (C=O) groups is 2. The predicted molar refractivity (Wildman–Crippen MR) is 137 cm³/mol. The molecule has 5 rings (SSSR count). The van der Waals surface area contributed by atoms with Gasteiger partial charge in [0.2, 0.25) is 0 Å². The van der Waals surface area contributed by atoms with Crippen molar-refractivity contribution >= 4 is 11.8 Å². The van der Waals surface area contributed by atoms with Crippen molar-refractivity contribution in [3.63, 3.8) is 0 Å². The van der Waals surface area contributed by atoms with Crippen molar-refractivity contribution in [2.24, 2.45) is 17.3 Å². The molecular weight excluding hydrogens is 440 g/mol. The first-order valence-corrected chi connectivity index (χ1v) is 13.4. The van der Waals surface area contributed by atoms with Crippen LogP contribution in [0.5, 0.6) is 5.75 Å². The highest BCUT2D eigenvalue weighted by atomic mass is 16.5. The van der Waals surface area contributed by atoms with E-state index in [-0.39, 0.29) is 17.3 Å². The first kappa shape index (κ1) is 25.9. The molecule has 0 bridgehead atoms. The third kappa shape index (κ3) is 4.92. The van der Waals surface area contributed by atoms with Crippen LogP contribution in [-0.2, 0) is 16.0 Å². The van der Waals surface area contributed by atoms with E-state index in [2.05, 4.69) is 30.4 Å². The van der Waals surface area contributed by atoms with Gasteiger partial charge >= 0.3 is 0 Å². The van der Waals surface area contributed by atoms with Crippen LogP contribution in [0.2, 0.25) is 0 Å². The van der Waals surface area contributed by atoms with Crippen molar-refractivity contribution in [2.75, 3.05) is 20.2 Å². The number of fused-ring (bicyclic) bond motifs is 5. The van der Waals surface area contributed by atoms with Crippen molar-refractivity contribution in [3.05, 3.63) is 41.5 Å². The molecule has 3 unspecified atom stereocenters. The van der Waals surface area contributed by atoms with Crippen LogP contribution < -0.4 is 10.1 Å². The van der Waals surface area contributed by atoms with Crippen LogP contribution in [-0.4, -0.2) is 48.4 Å². The predicted octanol–water partition coefficient (Wildman–Crippen LogP) is 4.17. The van der Waals surface area contributed by atoms with E-state index < -0.39 is 0 Å². The Morgan fingerprint density at radius 3 is 2.57 bits per heavy atom. The van der Waals surface area contributed by atoms with Gasteiger partial charge in [-0.2, -0.15) is 0 Å². The number of nitrogens with one attached hydrogen (secondary N) is 1. The summed E-state index contributed by atoms with van der Waals surface area (Å²) in [5.74, 6) is 3.08. The van der Waals surface area contributed by atoms with Gasteiger partial charge in [0.15, 0.2) is 0 Å². The van der Waals surface area contributed by atoms with Gasteiger partial charge in [0.25, 0.3) is 11.8 Å². The molecule has 4 aliphatic rings. The summed E-state index contributed by atoms with van der Waals surface area (Å²) in [6, 6.07) is 7.42. The molecule has 6 heteroatoms. The second-order valence-electron chi connectivity index (χ2n) is 11.2. The Hall–Kier alpha value is -2.18. The second kappa shape index (κ2) is 10.8. The highest BCUT2D eigenvalue weighted by Gasteiger charge is 2.54. The van der Waals surface area contributed by atoms with Crippen LogP contribution in [0.3, 0.4) is 0 Å². The van der Waals surface area contributed by atoms with Crippen molar-refractivity contribution in [2.45, 2.75) is 83.1 Å². The number of rotatable bonds is 9. The van der Waals surface area contributed by atoms with E-state index in [1.165, 1.54) is 67.6 Å². The first-order chi connectivity index (χ1) is 16.5. The molecule has 3 N–H and O–H groups in total. The lowest BCUT2D eigenvalue weighted by molar-refractivity contribution is -0.136. The maximum atomic E-state index is 11.6. The smallest absolute Gasteiger partial charge is 0.253 e. The zero-order valence-electron chi connectivity index (χ0n) is 21.4. The Balaban J connectivity index is 0.00000289. The summed E-state index contributed by atoms with van der Waals surface area (Å²) in [6.45, 7) is 4.20. The topological polar surface area (TPSA) is 90.1 Å². The summed E-state index contributed by atoms with van der Waals surface area (Å²) < 4.78 is 5.48. The fraction of sp³-hybridized carbons (Fsp3) is 0.655. The van der Waals surface area contributed by atoms with E-state index in [9.17, 15) is 9.59 Å². The summed E-state index contributed by atoms with van der Waals surface area (Å²) in [5, 5.41) is 3.95. The lowest BCUT2D eigenvalue weighted by atomic mass is 9.55. The van der Waals surface area contributed by atoms with Crippen molar-refractivity contribution in [3.8, 4) is 5.75 Å². The maximum absolute atomic E-state index is 11.6. The molecule has 0 saturated heterocycles. The number of unbranched alkanes of at least 4 members (excludes halogenated alkanes) is 3. The van der Waals surface area contributed by atoms with Gasteiger partial charge in [0.1, 0.15) is 5.75 Å². The van der Waals surface area contributed by atoms with Gasteiger partial charge in [-0.15, -0.1) is 0 Å². The summed E-state index contributed by atoms with van der Waals surface area (Å²) in [5.41, 5.74) is 3.55. The number of aryl methyl sites for hydroxylation is 1. The number of hydrogen-bond donors (Lipinski definition) is 1. The number of imide groups is 1. The number of carbonyl (C=O) groups excluding carboxylic acids is 2. The van der Waals surface area contributed by atoms with E-state index in [1.54, 1.807) is 12.7 Å². The minimum absolute atomic E-state index is 0. The maximum Gasteiger partial charge on any atom is 0.253 e. The Morgan fingerprint density at radius 1 is 1.03 bits per heavy atom. The van der Waals surface area contributed by atoms with Crippen molar-refractivity contribution in [1.82, 2.24) is 10.2 Å². The normalized spacial score (nSPS) is 31.1. The molecule has 2 fully saturated rings. The largest absolute Gasteiger partial charge is 0.497 e. The molecule has 3 aliphatic carbocycles. The van der Waals surface area contributed by atoms with Gasteiger partial charge in [0.05, 0.1) is 7.11 Å². The number of amides is 2. The van der Waals surface area contributed by atoms with E-state index in [0.29, 0.717) is 18.0 Å². The highest BCUT2D eigenvalue weighted by Crippen LogP contribution is 2.61. The Bertz CT molecular complexity index is 942. The Labute approximate surface area is 209 Å². The van der Waals surface area contributed by atoms with E-state index in [4.69, 9.17) is 4.74 Å². The molecule has 0 radical (unpaired) electrons. The fourth-order valence-corrected chi connectivity index (χ4v) is 7.70. The zero-order valence-corrected chi connectivity index (χ0v) is 21.4. The lowest BCUT2D eigenvalue weighted by Gasteiger charge is -2.51. The molecule has 5 atom stereocenters. The number of nitrogens with zero attached hydrogens (tertiary/aromatic N) is 1. The minimum Gasteiger partial charge on any atom is -0.497 e. The molecule has 1 aromatic carbocycles. The number of hydrogen-bond acceptors (Lipinski definition) is 4. The first-order valence-electron chi connectivity index (χ1n) is 13.4. The minimum atomic E-state index is -0.161. The van der Waals surface area contributed by atoms with Crippen molar-refractivity contribution < 1.29 is 19.8 Å². The van der Waals surface area contributed by atoms with Crippen molar-refractivity contribution in [1.29, 1.82) is 0 Å². The van der Waals surface area contributed by atoms with Gasteiger partial charge in [-0.25, -0.2) is 0 Å². The second-order valence-corrected chi connectivity index (χ2v) is 11.2. The number of benzene rings is 1. The van der Waals surface area contributed by atoms with Gasteiger partial charge in [-0.05, 0) is 104 Å². The fourth-order valence-electron chi connectivity index (χ4n) is 7.70. The quantitative estimate of drug-likeness (QED) is 0.422. The molecule has 1 heterocycles. The molecule has 6 nitrogen and oxygen atoms in total. The van der Waals surface area contributed by atoms with Crippen LogP contribution in [0.4, 0.5) is 0 Å². The number of ether oxygens (including phenoxy) is 1. The third-order valence-corrected chi connectivity index (χ3v) is 9.53. The monoisotopic (exact) mass is 482 g/mol. The molecule has 1 aliphatic heterocycles. The van der Waals surface area contributed by atoms with Crippen LogP contribution in [0.15, 0.2) is 30.4 Å². The number of methoxy groups -OCH3 is 1. The zero-order chi connectivity index (χ0) is 23.7. The summed E-state index contributed by atoms with van der Waals surface area (Å²) >= 11 is 0. The van der Waals surface area contributed by atoms with Gasteiger partial charge < -0.3 is 15.5 Å². The van der Waals surface area contributed by atoms with E-state index in [1.807, 2.05) is 0 Å². The van der Waals surface area contributed by atoms with Crippen LogP contribution in [0, 0.1) is 17.3 Å². The van der Waals surface area contributed by atoms with Crippen LogP contribution >= 0.6 is 0 Å². The van der Waals surface area contributed by atoms with Crippen LogP contribution in [0.25, 0.3) is 0 Å². The summed E-state index contributed by atoms with van der Waals surface area (Å²) in [4.78, 5) is 24.6. The molecule has 2 amide bonds. The molecule has 35 heavy (non-hydrogen) atoms. The SMILES string of the molecule is COc1ccc2c(c1)CCC1C2CC[C@@]2(C)C1CC[C@@H]2NCCCCCCN1C(=O)C=CC1=O.O. The molecule has 0 aromatic heterocycles. The Kier molecular flexibility index (Phi) is 8.02. The molecule has 192 valence electrons. The van der Waals surface area contributed by atoms with Gasteiger partial charge in [-0.1, -0.05) is 25.8 Å². The molecule has 0 spiro atoms. The lowest BCUT2D eigenvalue weighted by Crippen LogP contribution is -2.48. The molecular formula is C29H42N2O4. The average Bonchev–Trinajstić information content (AvgIpc) is 3.36. The van der Waals surface area contributed by atoms with E-state index >= 15 is 0 Å². The molecule has 1 aromatic rings. The average molecular weight is 483 g/mol. The van der Waals surface area contributed by atoms with E-state index in [0.717, 1.165) is 49.3 Å². The standard InChI is InChI=1S/C29H40N2O3.H2O/c1-29-16-15-23-22-10-8-21(34-2)19-20(22)7-9-24(23)25(29)11-12-26(29)30-17-5-3-4-6-18-31-27(32)13-14-28(31)33;/h8,10,13-14,19,23-26,30H,3-7,9,11-12,15-18H2,1-2H3;1H2/t23?,24?,25?,26-,29-;/m0./s1. The van der Waals surface area contributed by atoms with Crippen LogP contribution in [0.1, 0.15) is 81.8 Å².